The Balaban J connectivity index is 0.000000206. The first kappa shape index (κ1) is 29.4. The highest BCUT2D eigenvalue weighted by molar-refractivity contribution is 5.86. The number of hydrogen-bond acceptors (Lipinski definition) is 6. The Hall–Kier alpha value is -2.20. The maximum atomic E-state index is 12.5. The van der Waals surface area contributed by atoms with Gasteiger partial charge in [-0.15, -0.1) is 0 Å². The van der Waals surface area contributed by atoms with Gasteiger partial charge in [-0.2, -0.15) is 0 Å². The Morgan fingerprint density at radius 2 is 1.14 bits per heavy atom. The molecular weight excluding hydrogens is 472 g/mol. The first-order chi connectivity index (χ1) is 17.7. The Bertz CT molecular complexity index is 792. The number of piperidine rings is 4. The number of likely N-dealkylation sites (tertiary alicyclic amines) is 4. The van der Waals surface area contributed by atoms with E-state index in [1.54, 1.807) is 7.05 Å². The summed E-state index contributed by atoms with van der Waals surface area (Å²) in [5, 5.41) is 2.62. The number of hydrogen-bond donors (Lipinski definition) is 2. The molecule has 0 spiro atoms. The molecule has 0 aromatic heterocycles. The maximum absolute atomic E-state index is 12.5. The van der Waals surface area contributed by atoms with Crippen molar-refractivity contribution in [2.45, 2.75) is 76.3 Å². The summed E-state index contributed by atoms with van der Waals surface area (Å²) >= 11 is 0. The van der Waals surface area contributed by atoms with E-state index >= 15 is 0 Å². The lowest BCUT2D eigenvalue weighted by molar-refractivity contribution is -0.144. The quantitative estimate of drug-likeness (QED) is 0.531. The van der Waals surface area contributed by atoms with Crippen molar-refractivity contribution < 1.29 is 19.2 Å². The molecule has 4 aliphatic heterocycles. The molecule has 4 amide bonds. The van der Waals surface area contributed by atoms with Crippen molar-refractivity contribution in [3.8, 4) is 0 Å². The van der Waals surface area contributed by atoms with Crippen LogP contribution in [-0.4, -0.2) is 116 Å². The van der Waals surface area contributed by atoms with E-state index in [9.17, 15) is 19.2 Å². The number of primary amides is 1. The smallest absolute Gasteiger partial charge is 0.226 e. The maximum Gasteiger partial charge on any atom is 0.226 e. The Morgan fingerprint density at radius 1 is 0.730 bits per heavy atom. The topological polar surface area (TPSA) is 119 Å². The van der Waals surface area contributed by atoms with Crippen LogP contribution in [0.15, 0.2) is 0 Å². The molecule has 0 aliphatic carbocycles. The second-order valence-electron chi connectivity index (χ2n) is 11.4. The highest BCUT2D eigenvalue weighted by Gasteiger charge is 2.36. The molecule has 0 saturated carbocycles. The third-order valence-electron chi connectivity index (χ3n) is 8.58. The van der Waals surface area contributed by atoms with Gasteiger partial charge in [0.25, 0.3) is 0 Å². The SMILES string of the molecule is CN1CCC(N2CCCC(CC(N)=O)C2=O)CC1.CNC(=O)CC1CCCN(C2CCN(C)CC2)C1=O. The lowest BCUT2D eigenvalue weighted by atomic mass is 9.90. The molecule has 4 heterocycles. The van der Waals surface area contributed by atoms with Crippen LogP contribution >= 0.6 is 0 Å². The Morgan fingerprint density at radius 3 is 1.51 bits per heavy atom. The molecule has 0 aromatic carbocycles. The van der Waals surface area contributed by atoms with Gasteiger partial charge in [0.1, 0.15) is 0 Å². The second kappa shape index (κ2) is 14.1. The normalized spacial score (nSPS) is 27.0. The van der Waals surface area contributed by atoms with Crippen molar-refractivity contribution in [3.05, 3.63) is 0 Å². The van der Waals surface area contributed by atoms with Gasteiger partial charge in [-0.25, -0.2) is 0 Å². The van der Waals surface area contributed by atoms with E-state index in [1.807, 2.05) is 9.80 Å². The molecule has 0 bridgehead atoms. The predicted octanol–water partition coefficient (Wildman–Crippen LogP) is 0.650. The van der Waals surface area contributed by atoms with Gasteiger partial charge in [0.05, 0.1) is 0 Å². The van der Waals surface area contributed by atoms with Crippen LogP contribution in [0.4, 0.5) is 0 Å². The molecule has 4 saturated heterocycles. The molecule has 0 aromatic rings. The minimum atomic E-state index is -0.362. The zero-order valence-electron chi connectivity index (χ0n) is 23.1. The van der Waals surface area contributed by atoms with Gasteiger partial charge in [-0.3, -0.25) is 19.2 Å². The summed E-state index contributed by atoms with van der Waals surface area (Å²) in [6.07, 6.45) is 8.47. The highest BCUT2D eigenvalue weighted by atomic mass is 16.2. The van der Waals surface area contributed by atoms with Gasteiger partial charge >= 0.3 is 0 Å². The Kier molecular flexibility index (Phi) is 11.2. The molecule has 10 nitrogen and oxygen atoms in total. The van der Waals surface area contributed by atoms with Crippen LogP contribution in [0.5, 0.6) is 0 Å². The first-order valence-electron chi connectivity index (χ1n) is 14.2. The average molecular weight is 521 g/mol. The number of carbonyl (C=O) groups excluding carboxylic acids is 4. The van der Waals surface area contributed by atoms with Crippen LogP contribution in [0.1, 0.15) is 64.2 Å². The highest BCUT2D eigenvalue weighted by Crippen LogP contribution is 2.27. The van der Waals surface area contributed by atoms with Crippen molar-refractivity contribution in [1.82, 2.24) is 24.9 Å². The minimum Gasteiger partial charge on any atom is -0.370 e. The average Bonchev–Trinajstić information content (AvgIpc) is 2.88. The molecule has 2 atom stereocenters. The first-order valence-corrected chi connectivity index (χ1v) is 14.2. The van der Waals surface area contributed by atoms with Crippen LogP contribution in [0.3, 0.4) is 0 Å². The number of nitrogens with two attached hydrogens (primary N) is 1. The molecule has 4 rings (SSSR count). The van der Waals surface area contributed by atoms with Crippen molar-refractivity contribution in [3.63, 3.8) is 0 Å². The van der Waals surface area contributed by atoms with E-state index in [2.05, 4.69) is 29.2 Å². The fourth-order valence-corrected chi connectivity index (χ4v) is 6.24. The van der Waals surface area contributed by atoms with E-state index in [0.717, 1.165) is 90.6 Å². The summed E-state index contributed by atoms with van der Waals surface area (Å²) < 4.78 is 0. The Labute approximate surface area is 222 Å². The number of nitrogens with one attached hydrogen (secondary N) is 1. The molecule has 2 unspecified atom stereocenters. The summed E-state index contributed by atoms with van der Waals surface area (Å²) in [7, 11) is 5.87. The zero-order chi connectivity index (χ0) is 26.9. The summed E-state index contributed by atoms with van der Waals surface area (Å²) in [6, 6.07) is 0.751. The standard InChI is InChI=1S/C14H25N3O2.C13H23N3O2/c1-15-13(18)10-11-4-3-7-17(14(11)19)12-5-8-16(2)9-6-12;1-15-7-4-11(5-8-15)16-6-2-3-10(13(16)18)9-12(14)17/h11-12H,3-10H2,1-2H3,(H,15,18);10-11H,2-9H2,1H3,(H2,14,17). The van der Waals surface area contributed by atoms with E-state index in [1.165, 1.54) is 0 Å². The third-order valence-corrected chi connectivity index (χ3v) is 8.58. The van der Waals surface area contributed by atoms with Crippen LogP contribution in [0.25, 0.3) is 0 Å². The van der Waals surface area contributed by atoms with Crippen molar-refractivity contribution >= 4 is 23.6 Å². The van der Waals surface area contributed by atoms with E-state index in [-0.39, 0.29) is 41.9 Å². The minimum absolute atomic E-state index is 0.0245. The van der Waals surface area contributed by atoms with Gasteiger partial charge < -0.3 is 30.7 Å². The molecule has 4 fully saturated rings. The molecular formula is C27H48N6O4. The van der Waals surface area contributed by atoms with Crippen LogP contribution in [0.2, 0.25) is 0 Å². The summed E-state index contributed by atoms with van der Waals surface area (Å²) in [6.45, 7) is 5.95. The van der Waals surface area contributed by atoms with Crippen LogP contribution in [-0.2, 0) is 19.2 Å². The predicted molar refractivity (Wildman–Crippen MR) is 142 cm³/mol. The van der Waals surface area contributed by atoms with E-state index in [4.69, 9.17) is 5.73 Å². The van der Waals surface area contributed by atoms with Gasteiger partial charge in [0.2, 0.25) is 23.6 Å². The molecule has 3 N–H and O–H groups in total. The zero-order valence-corrected chi connectivity index (χ0v) is 23.1. The lowest BCUT2D eigenvalue weighted by Crippen LogP contribution is -2.51. The van der Waals surface area contributed by atoms with Gasteiger partial charge in [-0.1, -0.05) is 0 Å². The molecule has 4 aliphatic rings. The van der Waals surface area contributed by atoms with E-state index < -0.39 is 0 Å². The number of amides is 4. The van der Waals surface area contributed by atoms with Gasteiger partial charge in [-0.05, 0) is 91.6 Å². The van der Waals surface area contributed by atoms with E-state index in [0.29, 0.717) is 18.5 Å². The van der Waals surface area contributed by atoms with Gasteiger partial charge in [0, 0.05) is 56.9 Å². The number of rotatable bonds is 6. The molecule has 210 valence electrons. The summed E-state index contributed by atoms with van der Waals surface area (Å²) in [5.41, 5.74) is 5.21. The molecule has 37 heavy (non-hydrogen) atoms. The molecule has 10 heteroatoms. The lowest BCUT2D eigenvalue weighted by Gasteiger charge is -2.41. The second-order valence-corrected chi connectivity index (χ2v) is 11.4. The number of nitrogens with zero attached hydrogens (tertiary/aromatic N) is 4. The van der Waals surface area contributed by atoms with Crippen molar-refractivity contribution in [2.24, 2.45) is 17.6 Å². The summed E-state index contributed by atoms with van der Waals surface area (Å²) in [5.74, 6) is -0.314. The van der Waals surface area contributed by atoms with Crippen molar-refractivity contribution in [1.29, 1.82) is 0 Å². The van der Waals surface area contributed by atoms with Crippen molar-refractivity contribution in [2.75, 3.05) is 60.4 Å². The fourth-order valence-electron chi connectivity index (χ4n) is 6.24. The summed E-state index contributed by atoms with van der Waals surface area (Å²) in [4.78, 5) is 55.9. The van der Waals surface area contributed by atoms with Crippen LogP contribution < -0.4 is 11.1 Å². The monoisotopic (exact) mass is 520 g/mol. The van der Waals surface area contributed by atoms with Crippen LogP contribution in [0, 0.1) is 11.8 Å². The fraction of sp³-hybridized carbons (Fsp3) is 0.852. The largest absolute Gasteiger partial charge is 0.370 e. The number of carbonyl (C=O) groups is 4. The molecule has 0 radical (unpaired) electrons. The van der Waals surface area contributed by atoms with Gasteiger partial charge in [0.15, 0.2) is 0 Å². The third kappa shape index (κ3) is 8.40.